The molecule has 7 nitrogen and oxygen atoms in total. The van der Waals surface area contributed by atoms with Gasteiger partial charge in [-0.15, -0.1) is 0 Å². The van der Waals surface area contributed by atoms with Gasteiger partial charge in [-0.1, -0.05) is 0 Å². The second kappa shape index (κ2) is 8.02. The molecule has 0 heterocycles. The van der Waals surface area contributed by atoms with E-state index < -0.39 is 51.3 Å². The zero-order chi connectivity index (χ0) is 22.1. The highest BCUT2D eigenvalue weighted by Crippen LogP contribution is 2.47. The minimum absolute atomic E-state index is 0.171. The first kappa shape index (κ1) is 24.4. The molecule has 0 aromatic heterocycles. The van der Waals surface area contributed by atoms with Crippen molar-refractivity contribution in [3.8, 4) is 5.75 Å². The summed E-state index contributed by atoms with van der Waals surface area (Å²) >= 11 is 1.60. The second-order valence-corrected chi connectivity index (χ2v) is 7.72. The maximum Gasteiger partial charge on any atom is 0.438 e. The standard InChI is InChI=1S/C13H9F6IO7S/c1-6(21)26-9-4-7(2-3-8(9)20)10(22)27-11(12(14,15)16,13(17,18)19)5-28(23,24)25/h2-4H,5H2,1H3,(H,23,24,25)/p-1. The van der Waals surface area contributed by atoms with Gasteiger partial charge in [0.2, 0.25) is 0 Å². The molecule has 0 unspecified atom stereocenters. The number of carbonyl (C=O) groups is 2. The Labute approximate surface area is 166 Å². The summed E-state index contributed by atoms with van der Waals surface area (Å²) in [5, 5.41) is 0. The predicted octanol–water partition coefficient (Wildman–Crippen LogP) is 2.78. The Morgan fingerprint density at radius 2 is 1.61 bits per heavy atom. The van der Waals surface area contributed by atoms with E-state index in [1.54, 1.807) is 22.6 Å². The number of hydrogen-bond donors (Lipinski definition) is 0. The van der Waals surface area contributed by atoms with Crippen molar-refractivity contribution >= 4 is 44.6 Å². The number of ether oxygens (including phenoxy) is 2. The van der Waals surface area contributed by atoms with Crippen LogP contribution in [-0.2, 0) is 19.6 Å². The molecule has 0 bridgehead atoms. The molecule has 0 saturated heterocycles. The highest BCUT2D eigenvalue weighted by Gasteiger charge is 2.75. The normalized spacial score (nSPS) is 13.2. The van der Waals surface area contributed by atoms with Crippen LogP contribution in [-0.4, -0.2) is 48.6 Å². The minimum Gasteiger partial charge on any atom is -0.748 e. The molecule has 0 radical (unpaired) electrons. The van der Waals surface area contributed by atoms with Crippen LogP contribution in [0.5, 0.6) is 5.75 Å². The van der Waals surface area contributed by atoms with E-state index >= 15 is 0 Å². The molecule has 0 aliphatic rings. The summed E-state index contributed by atoms with van der Waals surface area (Å²) < 4.78 is 119. The maximum atomic E-state index is 13.1. The van der Waals surface area contributed by atoms with Gasteiger partial charge in [0.25, 0.3) is 0 Å². The zero-order valence-electron chi connectivity index (χ0n) is 13.4. The monoisotopic (exact) mass is 549 g/mol. The van der Waals surface area contributed by atoms with Gasteiger partial charge in [0, 0.05) is 6.92 Å². The zero-order valence-corrected chi connectivity index (χ0v) is 16.3. The topological polar surface area (TPSA) is 110 Å². The summed E-state index contributed by atoms with van der Waals surface area (Å²) in [7, 11) is -6.14. The summed E-state index contributed by atoms with van der Waals surface area (Å²) in [6.45, 7) is 0.943. The average Bonchev–Trinajstić information content (AvgIpc) is 2.44. The largest absolute Gasteiger partial charge is 0.748 e. The quantitative estimate of drug-likeness (QED) is 0.183. The molecule has 0 N–H and O–H groups in total. The molecule has 0 amide bonds. The van der Waals surface area contributed by atoms with Crippen LogP contribution in [0.15, 0.2) is 18.2 Å². The van der Waals surface area contributed by atoms with Gasteiger partial charge in [0.1, 0.15) is 5.75 Å². The van der Waals surface area contributed by atoms with Crippen LogP contribution in [0.2, 0.25) is 0 Å². The van der Waals surface area contributed by atoms with Crippen LogP contribution < -0.4 is 4.74 Å². The van der Waals surface area contributed by atoms with E-state index in [1.165, 1.54) is 0 Å². The average molecular weight is 549 g/mol. The van der Waals surface area contributed by atoms with Crippen molar-refractivity contribution in [2.75, 3.05) is 5.75 Å². The lowest BCUT2D eigenvalue weighted by molar-refractivity contribution is -0.356. The van der Waals surface area contributed by atoms with Gasteiger partial charge in [-0.05, 0) is 40.8 Å². The van der Waals surface area contributed by atoms with E-state index in [9.17, 15) is 48.9 Å². The van der Waals surface area contributed by atoms with Crippen LogP contribution in [0.25, 0.3) is 0 Å². The smallest absolute Gasteiger partial charge is 0.438 e. The first-order valence-corrected chi connectivity index (χ1v) is 9.33. The number of carbonyl (C=O) groups excluding carboxylic acids is 2. The number of rotatable bonds is 5. The molecule has 0 saturated carbocycles. The van der Waals surface area contributed by atoms with Gasteiger partial charge in [0.15, 0.2) is 0 Å². The Morgan fingerprint density at radius 3 is 2.00 bits per heavy atom. The number of hydrogen-bond acceptors (Lipinski definition) is 7. The van der Waals surface area contributed by atoms with Gasteiger partial charge in [-0.3, -0.25) is 4.79 Å². The minimum atomic E-state index is -6.49. The molecule has 1 rings (SSSR count). The van der Waals surface area contributed by atoms with Crippen LogP contribution in [0.1, 0.15) is 17.3 Å². The Morgan fingerprint density at radius 1 is 1.11 bits per heavy atom. The molecule has 0 aliphatic carbocycles. The SMILES string of the molecule is CC(=O)Oc1cc(C(=O)OC(CS(=O)(=O)[O-])(C(F)(F)F)C(F)(F)F)ccc1I. The third-order valence-electron chi connectivity index (χ3n) is 2.98. The lowest BCUT2D eigenvalue weighted by atomic mass is 10.1. The van der Waals surface area contributed by atoms with Crippen LogP contribution in [0.3, 0.4) is 0 Å². The van der Waals surface area contributed by atoms with E-state index in [2.05, 4.69) is 9.47 Å². The Hall–Kier alpha value is -1.62. The van der Waals surface area contributed by atoms with Crippen molar-refractivity contribution in [2.24, 2.45) is 0 Å². The summed E-state index contributed by atoms with van der Waals surface area (Å²) in [6.07, 6.45) is -13.0. The van der Waals surface area contributed by atoms with Gasteiger partial charge in [-0.25, -0.2) is 13.2 Å². The number of alkyl halides is 6. The third-order valence-corrected chi connectivity index (χ3v) is 4.63. The van der Waals surface area contributed by atoms with Crippen molar-refractivity contribution in [3.63, 3.8) is 0 Å². The first-order chi connectivity index (χ1) is 12.4. The number of esters is 2. The van der Waals surface area contributed by atoms with Gasteiger partial charge >= 0.3 is 29.9 Å². The number of halogens is 7. The molecule has 0 atom stereocenters. The molecule has 158 valence electrons. The van der Waals surface area contributed by atoms with Crippen LogP contribution in [0.4, 0.5) is 26.3 Å². The van der Waals surface area contributed by atoms with Crippen LogP contribution in [0, 0.1) is 3.57 Å². The van der Waals surface area contributed by atoms with Crippen molar-refractivity contribution in [2.45, 2.75) is 24.9 Å². The molecular formula is C13H8F6IO7S-. The maximum absolute atomic E-state index is 13.1. The summed E-state index contributed by atoms with van der Waals surface area (Å²) in [4.78, 5) is 22.9. The lowest BCUT2D eigenvalue weighted by Crippen LogP contribution is -2.63. The molecule has 28 heavy (non-hydrogen) atoms. The van der Waals surface area contributed by atoms with E-state index in [4.69, 9.17) is 0 Å². The highest BCUT2D eigenvalue weighted by molar-refractivity contribution is 14.1. The van der Waals surface area contributed by atoms with Crippen molar-refractivity contribution in [3.05, 3.63) is 27.3 Å². The predicted molar refractivity (Wildman–Crippen MR) is 85.3 cm³/mol. The summed E-state index contributed by atoms with van der Waals surface area (Å²) in [5.74, 6) is -6.63. The van der Waals surface area contributed by atoms with Gasteiger partial charge in [0.05, 0.1) is 25.0 Å². The van der Waals surface area contributed by atoms with Crippen molar-refractivity contribution in [1.29, 1.82) is 0 Å². The molecule has 1 aromatic rings. The molecule has 1 aromatic carbocycles. The molecule has 15 heteroatoms. The molecule has 0 spiro atoms. The Bertz CT molecular complexity index is 864. The third kappa shape index (κ3) is 5.69. The van der Waals surface area contributed by atoms with Gasteiger partial charge in [-0.2, -0.15) is 26.3 Å². The van der Waals surface area contributed by atoms with E-state index in [0.29, 0.717) is 6.07 Å². The highest BCUT2D eigenvalue weighted by atomic mass is 127. The van der Waals surface area contributed by atoms with E-state index in [0.717, 1.165) is 19.1 Å². The lowest BCUT2D eigenvalue weighted by Gasteiger charge is -2.36. The van der Waals surface area contributed by atoms with E-state index in [1.807, 2.05) is 0 Å². The van der Waals surface area contributed by atoms with E-state index in [-0.39, 0.29) is 9.32 Å². The Kier molecular flexibility index (Phi) is 6.99. The summed E-state index contributed by atoms with van der Waals surface area (Å²) in [6, 6.07) is 2.39. The fourth-order valence-corrected chi connectivity index (χ4v) is 3.13. The molecular weight excluding hydrogens is 541 g/mol. The summed E-state index contributed by atoms with van der Waals surface area (Å²) in [5.41, 5.74) is -6.51. The van der Waals surface area contributed by atoms with Crippen LogP contribution >= 0.6 is 22.6 Å². The fourth-order valence-electron chi connectivity index (χ4n) is 1.80. The van der Waals surface area contributed by atoms with Crippen molar-refractivity contribution < 1.29 is 58.4 Å². The van der Waals surface area contributed by atoms with Gasteiger partial charge < -0.3 is 14.0 Å². The fraction of sp³-hybridized carbons (Fsp3) is 0.385. The molecule has 0 fully saturated rings. The first-order valence-electron chi connectivity index (χ1n) is 6.68. The number of benzene rings is 1. The Balaban J connectivity index is 3.48. The molecule has 0 aliphatic heterocycles. The second-order valence-electron chi connectivity index (χ2n) is 5.15. The van der Waals surface area contributed by atoms with Crippen molar-refractivity contribution in [1.82, 2.24) is 0 Å².